The van der Waals surface area contributed by atoms with Crippen molar-refractivity contribution in [2.24, 2.45) is 0 Å². The third-order valence-electron chi connectivity index (χ3n) is 2.77. The quantitative estimate of drug-likeness (QED) is 0.781. The number of nitrogens with one attached hydrogen (secondary N) is 1. The molecule has 5 heteroatoms. The summed E-state index contributed by atoms with van der Waals surface area (Å²) in [5.74, 6) is 0. The molecule has 1 heterocycles. The van der Waals surface area contributed by atoms with Crippen LogP contribution in [0.15, 0.2) is 11.8 Å². The third kappa shape index (κ3) is 5.96. The van der Waals surface area contributed by atoms with Gasteiger partial charge in [-0.15, -0.1) is 0 Å². The Bertz CT molecular complexity index is 251. The van der Waals surface area contributed by atoms with E-state index in [2.05, 4.69) is 5.32 Å². The second-order valence-electron chi connectivity index (χ2n) is 4.33. The van der Waals surface area contributed by atoms with Crippen LogP contribution >= 0.6 is 0 Å². The zero-order chi connectivity index (χ0) is 12.7. The van der Waals surface area contributed by atoms with Crippen LogP contribution in [0.4, 0.5) is 13.2 Å². The minimum absolute atomic E-state index is 0.0959. The topological polar surface area (TPSA) is 21.3 Å². The van der Waals surface area contributed by atoms with E-state index in [4.69, 9.17) is 4.74 Å². The van der Waals surface area contributed by atoms with E-state index < -0.39 is 12.6 Å². The van der Waals surface area contributed by atoms with Gasteiger partial charge in [-0.3, -0.25) is 0 Å². The molecule has 1 N–H and O–H groups in total. The largest absolute Gasteiger partial charge is 0.501 e. The highest BCUT2D eigenvalue weighted by Gasteiger charge is 2.29. The van der Waals surface area contributed by atoms with Crippen molar-refractivity contribution in [1.29, 1.82) is 0 Å². The second kappa shape index (κ2) is 6.89. The molecule has 0 bridgehead atoms. The Balaban J connectivity index is 2.50. The monoisotopic (exact) mass is 251 g/mol. The molecule has 0 aromatic heterocycles. The summed E-state index contributed by atoms with van der Waals surface area (Å²) in [6.07, 6.45) is -0.460. The molecule has 1 aliphatic heterocycles. The molecule has 2 nitrogen and oxygen atoms in total. The summed E-state index contributed by atoms with van der Waals surface area (Å²) in [7, 11) is 0. The molecule has 0 aromatic rings. The highest BCUT2D eigenvalue weighted by molar-refractivity contribution is 5.10. The number of rotatable bonds is 6. The van der Waals surface area contributed by atoms with Gasteiger partial charge >= 0.3 is 6.18 Å². The van der Waals surface area contributed by atoms with E-state index in [1.165, 1.54) is 0 Å². The molecular formula is C12H20F3NO. The molecule has 0 saturated heterocycles. The predicted molar refractivity (Wildman–Crippen MR) is 60.6 cm³/mol. The van der Waals surface area contributed by atoms with Crippen LogP contribution in [-0.2, 0) is 4.74 Å². The Labute approximate surface area is 100 Å². The van der Waals surface area contributed by atoms with E-state index in [0.29, 0.717) is 6.61 Å². The summed E-state index contributed by atoms with van der Waals surface area (Å²) >= 11 is 0. The fourth-order valence-electron chi connectivity index (χ4n) is 1.89. The molecule has 0 saturated carbocycles. The number of hydrogen-bond donors (Lipinski definition) is 1. The molecule has 0 radical (unpaired) electrons. The summed E-state index contributed by atoms with van der Waals surface area (Å²) in [5.41, 5.74) is 0.967. The lowest BCUT2D eigenvalue weighted by Crippen LogP contribution is -2.34. The molecular weight excluding hydrogens is 231 g/mol. The third-order valence-corrected chi connectivity index (χ3v) is 2.77. The Kier molecular flexibility index (Phi) is 5.82. The van der Waals surface area contributed by atoms with E-state index in [9.17, 15) is 13.2 Å². The maximum atomic E-state index is 12.2. The molecule has 1 rings (SSSR count). The summed E-state index contributed by atoms with van der Waals surface area (Å²) in [5, 5.41) is 3.16. The average Bonchev–Trinajstić information content (AvgIpc) is 2.29. The Morgan fingerprint density at radius 3 is 2.76 bits per heavy atom. The van der Waals surface area contributed by atoms with Crippen molar-refractivity contribution in [1.82, 2.24) is 5.32 Å². The number of hydrogen-bond acceptors (Lipinski definition) is 2. The second-order valence-corrected chi connectivity index (χ2v) is 4.33. The molecule has 1 atom stereocenters. The Morgan fingerprint density at radius 2 is 2.24 bits per heavy atom. The molecule has 100 valence electrons. The zero-order valence-corrected chi connectivity index (χ0v) is 10.1. The molecule has 0 aromatic carbocycles. The van der Waals surface area contributed by atoms with E-state index in [0.717, 1.165) is 31.4 Å². The first-order valence-corrected chi connectivity index (χ1v) is 6.13. The molecule has 1 aliphatic rings. The first kappa shape index (κ1) is 14.4. The Morgan fingerprint density at radius 1 is 1.47 bits per heavy atom. The van der Waals surface area contributed by atoms with Gasteiger partial charge in [-0.25, -0.2) is 0 Å². The smallest absolute Gasteiger partial charge is 0.389 e. The van der Waals surface area contributed by atoms with Gasteiger partial charge in [0.05, 0.1) is 12.9 Å². The van der Waals surface area contributed by atoms with Gasteiger partial charge in [0.2, 0.25) is 0 Å². The summed E-state index contributed by atoms with van der Waals surface area (Å²) in [4.78, 5) is 0. The van der Waals surface area contributed by atoms with Crippen LogP contribution < -0.4 is 5.32 Å². The standard InChI is InChI=1S/C12H20F3NO/c1-2-7-16-11(5-6-12(13,14)15)10-4-3-8-17-9-10/h9,11,16H,2-8H2,1H3. The van der Waals surface area contributed by atoms with Crippen molar-refractivity contribution in [2.75, 3.05) is 13.2 Å². The summed E-state index contributed by atoms with van der Waals surface area (Å²) in [6, 6.07) is -0.197. The van der Waals surface area contributed by atoms with Crippen molar-refractivity contribution in [3.8, 4) is 0 Å². The summed E-state index contributed by atoms with van der Waals surface area (Å²) < 4.78 is 41.9. The molecule has 1 unspecified atom stereocenters. The van der Waals surface area contributed by atoms with Crippen LogP contribution in [0, 0.1) is 0 Å². The van der Waals surface area contributed by atoms with Crippen LogP contribution in [0.2, 0.25) is 0 Å². The minimum atomic E-state index is -4.08. The van der Waals surface area contributed by atoms with E-state index >= 15 is 0 Å². The van der Waals surface area contributed by atoms with Crippen molar-refractivity contribution in [3.63, 3.8) is 0 Å². The van der Waals surface area contributed by atoms with Crippen molar-refractivity contribution in [2.45, 2.75) is 51.2 Å². The van der Waals surface area contributed by atoms with Gasteiger partial charge in [0.1, 0.15) is 0 Å². The van der Waals surface area contributed by atoms with Gasteiger partial charge in [0.15, 0.2) is 0 Å². The lowest BCUT2D eigenvalue weighted by atomic mass is 9.97. The fourth-order valence-corrected chi connectivity index (χ4v) is 1.89. The fraction of sp³-hybridized carbons (Fsp3) is 0.833. The van der Waals surface area contributed by atoms with Gasteiger partial charge in [0.25, 0.3) is 0 Å². The molecule has 0 amide bonds. The normalized spacial score (nSPS) is 18.5. The van der Waals surface area contributed by atoms with Gasteiger partial charge < -0.3 is 10.1 Å². The Hall–Kier alpha value is -0.710. The maximum Gasteiger partial charge on any atom is 0.389 e. The van der Waals surface area contributed by atoms with Gasteiger partial charge in [0, 0.05) is 12.5 Å². The van der Waals surface area contributed by atoms with E-state index in [-0.39, 0.29) is 12.5 Å². The van der Waals surface area contributed by atoms with Crippen LogP contribution in [0.1, 0.15) is 39.0 Å². The van der Waals surface area contributed by atoms with Gasteiger partial charge in [-0.05, 0) is 37.8 Å². The molecule has 0 aliphatic carbocycles. The predicted octanol–water partition coefficient (Wildman–Crippen LogP) is 3.39. The first-order valence-electron chi connectivity index (χ1n) is 6.13. The van der Waals surface area contributed by atoms with Crippen molar-refractivity contribution >= 4 is 0 Å². The van der Waals surface area contributed by atoms with Crippen LogP contribution in [0.3, 0.4) is 0 Å². The van der Waals surface area contributed by atoms with Crippen LogP contribution in [0.25, 0.3) is 0 Å². The maximum absolute atomic E-state index is 12.2. The van der Waals surface area contributed by atoms with Crippen molar-refractivity contribution < 1.29 is 17.9 Å². The lowest BCUT2D eigenvalue weighted by molar-refractivity contribution is -0.136. The number of ether oxygens (including phenoxy) is 1. The summed E-state index contributed by atoms with van der Waals surface area (Å²) in [6.45, 7) is 3.41. The van der Waals surface area contributed by atoms with Crippen LogP contribution in [-0.4, -0.2) is 25.4 Å². The van der Waals surface area contributed by atoms with Gasteiger partial charge in [-0.2, -0.15) is 13.2 Å². The number of halogens is 3. The highest BCUT2D eigenvalue weighted by atomic mass is 19.4. The molecule has 0 fully saturated rings. The van der Waals surface area contributed by atoms with Crippen LogP contribution in [0.5, 0.6) is 0 Å². The van der Waals surface area contributed by atoms with Gasteiger partial charge in [-0.1, -0.05) is 6.92 Å². The zero-order valence-electron chi connectivity index (χ0n) is 10.1. The molecule has 17 heavy (non-hydrogen) atoms. The van der Waals surface area contributed by atoms with E-state index in [1.807, 2.05) is 6.92 Å². The van der Waals surface area contributed by atoms with E-state index in [1.54, 1.807) is 6.26 Å². The average molecular weight is 251 g/mol. The van der Waals surface area contributed by atoms with Crippen molar-refractivity contribution in [3.05, 3.63) is 11.8 Å². The SMILES string of the molecule is CCCNC(CCC(F)(F)F)C1=COCCC1. The molecule has 0 spiro atoms. The first-order chi connectivity index (χ1) is 8.03. The number of alkyl halides is 3. The lowest BCUT2D eigenvalue weighted by Gasteiger charge is -2.24. The minimum Gasteiger partial charge on any atom is -0.501 e. The highest BCUT2D eigenvalue weighted by Crippen LogP contribution is 2.26.